The van der Waals surface area contributed by atoms with Crippen LogP contribution in [0, 0.1) is 50.7 Å². The normalized spacial score (nSPS) is 51.8. The minimum atomic E-state index is -1.62. The van der Waals surface area contributed by atoms with Gasteiger partial charge < -0.3 is 34.6 Å². The molecule has 7 nitrogen and oxygen atoms in total. The Morgan fingerprint density at radius 1 is 1.05 bits per heavy atom. The minimum Gasteiger partial charge on any atom is -0.393 e. The van der Waals surface area contributed by atoms with Crippen LogP contribution in [-0.4, -0.2) is 77.1 Å². The lowest BCUT2D eigenvalue weighted by Crippen LogP contribution is -2.66. The molecule has 6 fully saturated rings. The lowest BCUT2D eigenvalue weighted by Gasteiger charge is -2.68. The molecule has 0 radical (unpaired) electrons. The van der Waals surface area contributed by atoms with Gasteiger partial charge in [0.1, 0.15) is 11.7 Å². The molecule has 246 valence electrons. The fourth-order valence-electron chi connectivity index (χ4n) is 12.9. The van der Waals surface area contributed by atoms with Gasteiger partial charge in [-0.1, -0.05) is 39.3 Å². The van der Waals surface area contributed by atoms with Crippen LogP contribution in [0.2, 0.25) is 0 Å². The molecular formula is C36H60O7. The summed E-state index contributed by atoms with van der Waals surface area (Å²) in [5, 5.41) is 43.5. The second kappa shape index (κ2) is 10.5. The summed E-state index contributed by atoms with van der Waals surface area (Å²) in [4.78, 5) is 0. The first-order chi connectivity index (χ1) is 20.1. The van der Waals surface area contributed by atoms with Crippen LogP contribution < -0.4 is 0 Å². The number of ether oxygens (including phenoxy) is 3. The Morgan fingerprint density at radius 3 is 2.42 bits per heavy atom. The largest absolute Gasteiger partial charge is 0.393 e. The fourth-order valence-corrected chi connectivity index (χ4v) is 12.9. The summed E-state index contributed by atoms with van der Waals surface area (Å²) < 4.78 is 18.6. The van der Waals surface area contributed by atoms with E-state index in [1.807, 2.05) is 0 Å². The summed E-state index contributed by atoms with van der Waals surface area (Å²) >= 11 is 0. The van der Waals surface area contributed by atoms with Crippen molar-refractivity contribution >= 4 is 0 Å². The van der Waals surface area contributed by atoms with E-state index in [2.05, 4.69) is 47.6 Å². The molecule has 1 heterocycles. The van der Waals surface area contributed by atoms with Crippen LogP contribution in [0.3, 0.4) is 0 Å². The molecule has 4 N–H and O–H groups in total. The van der Waals surface area contributed by atoms with Crippen molar-refractivity contribution in [3.8, 4) is 0 Å². The van der Waals surface area contributed by atoms with Crippen LogP contribution in [-0.2, 0) is 14.2 Å². The van der Waals surface area contributed by atoms with Crippen LogP contribution in [0.25, 0.3) is 0 Å². The Kier molecular flexibility index (Phi) is 7.90. The summed E-state index contributed by atoms with van der Waals surface area (Å²) in [7, 11) is 1.68. The van der Waals surface area contributed by atoms with E-state index in [1.54, 1.807) is 7.11 Å². The van der Waals surface area contributed by atoms with E-state index in [1.165, 1.54) is 25.3 Å². The highest BCUT2D eigenvalue weighted by atomic mass is 16.7. The smallest absolute Gasteiger partial charge is 0.160 e. The summed E-state index contributed by atoms with van der Waals surface area (Å²) in [5.74, 6) is 1.43. The molecule has 5 aliphatic carbocycles. The first-order valence-corrected chi connectivity index (χ1v) is 17.2. The Hall–Kier alpha value is -0.540. The topological polar surface area (TPSA) is 109 Å². The zero-order chi connectivity index (χ0) is 31.4. The predicted octanol–water partition coefficient (Wildman–Crippen LogP) is 5.23. The van der Waals surface area contributed by atoms with Gasteiger partial charge in [-0.05, 0) is 118 Å². The maximum Gasteiger partial charge on any atom is 0.160 e. The second-order valence-electron chi connectivity index (χ2n) is 17.3. The van der Waals surface area contributed by atoms with E-state index in [-0.39, 0.29) is 45.2 Å². The van der Waals surface area contributed by atoms with E-state index in [0.29, 0.717) is 30.8 Å². The predicted molar refractivity (Wildman–Crippen MR) is 165 cm³/mol. The quantitative estimate of drug-likeness (QED) is 0.281. The van der Waals surface area contributed by atoms with Gasteiger partial charge in [0.05, 0.1) is 31.5 Å². The van der Waals surface area contributed by atoms with Crippen LogP contribution in [0.1, 0.15) is 106 Å². The van der Waals surface area contributed by atoms with E-state index >= 15 is 0 Å². The maximum atomic E-state index is 12.3. The monoisotopic (exact) mass is 604 g/mol. The highest BCUT2D eigenvalue weighted by Gasteiger charge is 2.85. The van der Waals surface area contributed by atoms with Crippen LogP contribution in [0.4, 0.5) is 0 Å². The Balaban J connectivity index is 1.25. The summed E-state index contributed by atoms with van der Waals surface area (Å²) in [6.45, 7) is 15.7. The maximum absolute atomic E-state index is 12.3. The van der Waals surface area contributed by atoms with Crippen molar-refractivity contribution in [1.29, 1.82) is 0 Å². The highest BCUT2D eigenvalue weighted by molar-refractivity contribution is 5.33. The number of hydrogen-bond acceptors (Lipinski definition) is 7. The zero-order valence-corrected chi connectivity index (χ0v) is 28.1. The third-order valence-corrected chi connectivity index (χ3v) is 15.1. The molecule has 1 saturated heterocycles. The van der Waals surface area contributed by atoms with Gasteiger partial charge in [-0.3, -0.25) is 0 Å². The average molecular weight is 605 g/mol. The summed E-state index contributed by atoms with van der Waals surface area (Å²) in [6, 6.07) is 0. The number of allylic oxidation sites excluding steroid dienone is 1. The van der Waals surface area contributed by atoms with Crippen molar-refractivity contribution in [2.45, 2.75) is 143 Å². The van der Waals surface area contributed by atoms with Crippen molar-refractivity contribution in [2.24, 2.45) is 50.7 Å². The van der Waals surface area contributed by atoms with Crippen molar-refractivity contribution in [3.05, 3.63) is 11.6 Å². The first kappa shape index (κ1) is 32.4. The lowest BCUT2D eigenvalue weighted by atomic mass is 9.37. The fraction of sp³-hybridized carbons (Fsp3) is 0.944. The molecule has 7 heteroatoms. The molecule has 0 amide bonds. The molecule has 43 heavy (non-hydrogen) atoms. The Labute approximate surface area is 259 Å². The van der Waals surface area contributed by atoms with Crippen molar-refractivity contribution < 1.29 is 34.6 Å². The number of aliphatic hydroxyl groups is 4. The molecule has 0 aromatic heterocycles. The number of rotatable bonds is 8. The molecule has 0 spiro atoms. The van der Waals surface area contributed by atoms with Crippen molar-refractivity contribution in [3.63, 3.8) is 0 Å². The number of hydrogen-bond donors (Lipinski definition) is 4. The van der Waals surface area contributed by atoms with E-state index in [9.17, 15) is 20.4 Å². The van der Waals surface area contributed by atoms with Crippen LogP contribution >= 0.6 is 0 Å². The van der Waals surface area contributed by atoms with Gasteiger partial charge >= 0.3 is 0 Å². The zero-order valence-electron chi connectivity index (χ0n) is 28.1. The third kappa shape index (κ3) is 4.30. The van der Waals surface area contributed by atoms with Gasteiger partial charge in [0.2, 0.25) is 0 Å². The van der Waals surface area contributed by atoms with Gasteiger partial charge in [-0.25, -0.2) is 0 Å². The SMILES string of the molecule is CO[C@H]1O[C@@H]([C@H](O)C(C)(O)CO)C[C@H]1[C@@H]1CC[C@]23C[C@]12CC[C@@H]1[C@@]2(C)CC[C@@H](OCC=C(C)C)C(C)(C)[C@@H]2C[C@@H](O)[C@]13C. The number of methoxy groups -OCH3 is 1. The Bertz CT molecular complexity index is 1100. The van der Waals surface area contributed by atoms with Gasteiger partial charge in [0, 0.05) is 18.4 Å². The molecule has 6 aliphatic rings. The molecule has 0 bridgehead atoms. The molecule has 1 unspecified atom stereocenters. The number of aliphatic hydroxyl groups excluding tert-OH is 3. The van der Waals surface area contributed by atoms with Gasteiger partial charge in [0.15, 0.2) is 6.29 Å². The summed E-state index contributed by atoms with van der Waals surface area (Å²) in [5.41, 5.74) is 0.0149. The van der Waals surface area contributed by atoms with Gasteiger partial charge in [-0.2, -0.15) is 0 Å². The first-order valence-electron chi connectivity index (χ1n) is 17.2. The molecule has 0 aromatic carbocycles. The molecule has 1 aliphatic heterocycles. The molecule has 14 atom stereocenters. The molecule has 5 saturated carbocycles. The second-order valence-corrected chi connectivity index (χ2v) is 17.3. The molecule has 0 aromatic rings. The lowest BCUT2D eigenvalue weighted by molar-refractivity contribution is -0.247. The van der Waals surface area contributed by atoms with Crippen molar-refractivity contribution in [2.75, 3.05) is 20.3 Å². The standard InChI is InChI=1S/C36H60O7/c1-21(2)12-16-42-28-11-13-32(5)25-10-14-35-19-36(35,34(25,7)27(38)18-26(32)31(28,3)4)15-9-23(35)22-17-24(43-30(22)41-8)29(39)33(6,40)20-37/h12,22-30,37-40H,9-11,13-20H2,1-8H3/t22-,23-,24+,25+,26-,27+,28+,29-,30-,32+,33?,34-,35+,36+/m0/s1. The Morgan fingerprint density at radius 2 is 1.77 bits per heavy atom. The van der Waals surface area contributed by atoms with Crippen LogP contribution in [0.5, 0.6) is 0 Å². The number of fused-ring (bicyclic) bond motifs is 3. The third-order valence-electron chi connectivity index (χ3n) is 15.1. The molecule has 6 rings (SSSR count). The average Bonchev–Trinajstić information content (AvgIpc) is 3.27. The van der Waals surface area contributed by atoms with Crippen LogP contribution in [0.15, 0.2) is 11.6 Å². The summed E-state index contributed by atoms with van der Waals surface area (Å²) in [6.07, 6.45) is 9.28. The van der Waals surface area contributed by atoms with Crippen molar-refractivity contribution in [1.82, 2.24) is 0 Å². The highest BCUT2D eigenvalue weighted by Crippen LogP contribution is 2.91. The van der Waals surface area contributed by atoms with E-state index in [4.69, 9.17) is 14.2 Å². The van der Waals surface area contributed by atoms with Gasteiger partial charge in [0.25, 0.3) is 0 Å². The van der Waals surface area contributed by atoms with Gasteiger partial charge in [-0.15, -0.1) is 0 Å². The molecular weight excluding hydrogens is 544 g/mol. The van der Waals surface area contributed by atoms with E-state index < -0.39 is 30.7 Å². The van der Waals surface area contributed by atoms with E-state index in [0.717, 1.165) is 38.5 Å². The minimum absolute atomic E-state index is 0.00272.